The third-order valence-corrected chi connectivity index (χ3v) is 5.13. The molecule has 160 valence electrons. The Hall–Kier alpha value is -1.87. The summed E-state index contributed by atoms with van der Waals surface area (Å²) in [6, 6.07) is 4.96. The molecular formula is C20H29ClN4O4. The zero-order chi connectivity index (χ0) is 20.5. The molecule has 9 heteroatoms. The molecule has 1 unspecified atom stereocenters. The van der Waals surface area contributed by atoms with Gasteiger partial charge in [-0.3, -0.25) is 14.5 Å². The lowest BCUT2D eigenvalue weighted by atomic mass is 10.1. The first-order chi connectivity index (χ1) is 14.1. The van der Waals surface area contributed by atoms with Crippen LogP contribution < -0.4 is 20.7 Å². The van der Waals surface area contributed by atoms with Gasteiger partial charge in [0.1, 0.15) is 12.4 Å². The van der Waals surface area contributed by atoms with E-state index in [0.717, 1.165) is 26.1 Å². The summed E-state index contributed by atoms with van der Waals surface area (Å²) >= 11 is 6.04. The summed E-state index contributed by atoms with van der Waals surface area (Å²) in [5.41, 5.74) is 0.402. The molecule has 0 saturated carbocycles. The summed E-state index contributed by atoms with van der Waals surface area (Å²) in [5, 5.41) is 9.65. The molecule has 29 heavy (non-hydrogen) atoms. The number of hydrogen-bond acceptors (Lipinski definition) is 6. The van der Waals surface area contributed by atoms with E-state index in [0.29, 0.717) is 61.6 Å². The zero-order valence-corrected chi connectivity index (χ0v) is 17.3. The number of amides is 2. The summed E-state index contributed by atoms with van der Waals surface area (Å²) < 4.78 is 11.3. The van der Waals surface area contributed by atoms with Crippen molar-refractivity contribution in [2.45, 2.75) is 6.42 Å². The molecular weight excluding hydrogens is 396 g/mol. The highest BCUT2D eigenvalue weighted by Gasteiger charge is 2.19. The highest BCUT2D eigenvalue weighted by molar-refractivity contribution is 6.31. The van der Waals surface area contributed by atoms with Crippen molar-refractivity contribution in [2.75, 3.05) is 65.6 Å². The molecule has 1 aromatic carbocycles. The van der Waals surface area contributed by atoms with E-state index in [1.165, 1.54) is 0 Å². The lowest BCUT2D eigenvalue weighted by molar-refractivity contribution is -0.122. The summed E-state index contributed by atoms with van der Waals surface area (Å²) in [7, 11) is 0. The summed E-state index contributed by atoms with van der Waals surface area (Å²) in [4.78, 5) is 27.1. The molecule has 1 atom stereocenters. The summed E-state index contributed by atoms with van der Waals surface area (Å²) in [6.45, 7) is 6.07. The van der Waals surface area contributed by atoms with Gasteiger partial charge in [-0.05, 0) is 24.6 Å². The zero-order valence-electron chi connectivity index (χ0n) is 16.5. The number of ether oxygens (including phenoxy) is 2. The van der Waals surface area contributed by atoms with E-state index in [4.69, 9.17) is 21.1 Å². The van der Waals surface area contributed by atoms with Crippen LogP contribution in [0.25, 0.3) is 0 Å². The van der Waals surface area contributed by atoms with Crippen LogP contribution in [0.4, 0.5) is 0 Å². The van der Waals surface area contributed by atoms with Crippen LogP contribution in [0.5, 0.6) is 5.75 Å². The van der Waals surface area contributed by atoms with Gasteiger partial charge in [0.25, 0.3) is 5.91 Å². The second kappa shape index (κ2) is 11.3. The Morgan fingerprint density at radius 2 is 2.03 bits per heavy atom. The number of hydrogen-bond donors (Lipinski definition) is 3. The number of fused-ring (bicyclic) bond motifs is 1. The van der Waals surface area contributed by atoms with E-state index in [1.807, 2.05) is 0 Å². The number of carbonyl (C=O) groups excluding carboxylic acids is 2. The standard InChI is InChI=1S/C20H29ClN4O4/c21-16-2-3-18-17(10-16)20(27)24-4-1-7-25(13-19(26)23-6-9-29-18)12-15-11-22-5-8-28-14-15/h2-3,10,15,22H,1,4-9,11-14H2,(H,23,26)(H,24,27). The van der Waals surface area contributed by atoms with Gasteiger partial charge in [0.05, 0.1) is 31.9 Å². The van der Waals surface area contributed by atoms with Crippen LogP contribution in [0.2, 0.25) is 5.02 Å². The predicted molar refractivity (Wildman–Crippen MR) is 111 cm³/mol. The van der Waals surface area contributed by atoms with Crippen LogP contribution in [0.3, 0.4) is 0 Å². The average molecular weight is 425 g/mol. The summed E-state index contributed by atoms with van der Waals surface area (Å²) in [6.07, 6.45) is 0.733. The fraction of sp³-hybridized carbons (Fsp3) is 0.600. The van der Waals surface area contributed by atoms with E-state index >= 15 is 0 Å². The van der Waals surface area contributed by atoms with Gasteiger partial charge in [0, 0.05) is 43.7 Å². The minimum Gasteiger partial charge on any atom is -0.491 e. The van der Waals surface area contributed by atoms with Gasteiger partial charge in [-0.2, -0.15) is 0 Å². The topological polar surface area (TPSA) is 91.9 Å². The number of rotatable bonds is 2. The molecule has 2 amide bonds. The quantitative estimate of drug-likeness (QED) is 0.640. The van der Waals surface area contributed by atoms with Crippen molar-refractivity contribution in [3.8, 4) is 5.75 Å². The number of carbonyl (C=O) groups is 2. The molecule has 0 radical (unpaired) electrons. The van der Waals surface area contributed by atoms with Crippen molar-refractivity contribution < 1.29 is 19.1 Å². The molecule has 0 bridgehead atoms. The van der Waals surface area contributed by atoms with Crippen molar-refractivity contribution in [3.63, 3.8) is 0 Å². The lowest BCUT2D eigenvalue weighted by Crippen LogP contribution is -2.43. The van der Waals surface area contributed by atoms with Crippen LogP contribution in [0.1, 0.15) is 16.8 Å². The van der Waals surface area contributed by atoms with Gasteiger partial charge >= 0.3 is 0 Å². The number of halogens is 1. The van der Waals surface area contributed by atoms with Crippen molar-refractivity contribution >= 4 is 23.4 Å². The van der Waals surface area contributed by atoms with Gasteiger partial charge in [-0.1, -0.05) is 11.6 Å². The highest BCUT2D eigenvalue weighted by atomic mass is 35.5. The monoisotopic (exact) mass is 424 g/mol. The van der Waals surface area contributed by atoms with Crippen LogP contribution in [0.15, 0.2) is 18.2 Å². The van der Waals surface area contributed by atoms with E-state index in [1.54, 1.807) is 18.2 Å². The van der Waals surface area contributed by atoms with Gasteiger partial charge < -0.3 is 25.4 Å². The molecule has 1 aromatic rings. The normalized spacial score (nSPS) is 23.0. The van der Waals surface area contributed by atoms with Gasteiger partial charge in [-0.25, -0.2) is 0 Å². The average Bonchev–Trinajstić information content (AvgIpc) is 2.97. The van der Waals surface area contributed by atoms with Gasteiger partial charge in [0.15, 0.2) is 0 Å². The Labute approximate surface area is 176 Å². The third-order valence-electron chi connectivity index (χ3n) is 4.90. The maximum absolute atomic E-state index is 12.6. The van der Waals surface area contributed by atoms with Gasteiger partial charge in [0.2, 0.25) is 5.91 Å². The fourth-order valence-corrected chi connectivity index (χ4v) is 3.66. The van der Waals surface area contributed by atoms with Crippen molar-refractivity contribution in [1.82, 2.24) is 20.9 Å². The van der Waals surface area contributed by atoms with E-state index in [-0.39, 0.29) is 18.4 Å². The predicted octanol–water partition coefficient (Wildman–Crippen LogP) is 0.507. The Morgan fingerprint density at radius 1 is 1.14 bits per heavy atom. The number of nitrogens with one attached hydrogen (secondary N) is 3. The Kier molecular flexibility index (Phi) is 8.54. The van der Waals surface area contributed by atoms with Crippen molar-refractivity contribution in [1.29, 1.82) is 0 Å². The first-order valence-electron chi connectivity index (χ1n) is 10.1. The van der Waals surface area contributed by atoms with Crippen LogP contribution >= 0.6 is 11.6 Å². The molecule has 1 saturated heterocycles. The maximum atomic E-state index is 12.6. The van der Waals surface area contributed by atoms with Crippen LogP contribution in [-0.2, 0) is 9.53 Å². The van der Waals surface area contributed by atoms with E-state index in [9.17, 15) is 9.59 Å². The van der Waals surface area contributed by atoms with Crippen molar-refractivity contribution in [2.24, 2.45) is 5.92 Å². The third kappa shape index (κ3) is 7.15. The molecule has 2 heterocycles. The second-order valence-corrected chi connectivity index (χ2v) is 7.76. The Bertz CT molecular complexity index is 695. The Morgan fingerprint density at radius 3 is 2.93 bits per heavy atom. The molecule has 0 spiro atoms. The minimum absolute atomic E-state index is 0.0338. The number of benzene rings is 1. The molecule has 3 N–H and O–H groups in total. The second-order valence-electron chi connectivity index (χ2n) is 7.33. The van der Waals surface area contributed by atoms with E-state index < -0.39 is 0 Å². The molecule has 3 rings (SSSR count). The van der Waals surface area contributed by atoms with Crippen LogP contribution in [-0.4, -0.2) is 82.3 Å². The number of nitrogens with zero attached hydrogens (tertiary/aromatic N) is 1. The first kappa shape index (κ1) is 21.8. The molecule has 2 aliphatic rings. The molecule has 2 aliphatic heterocycles. The van der Waals surface area contributed by atoms with E-state index in [2.05, 4.69) is 20.9 Å². The van der Waals surface area contributed by atoms with Crippen LogP contribution in [0, 0.1) is 5.92 Å². The van der Waals surface area contributed by atoms with Crippen molar-refractivity contribution in [3.05, 3.63) is 28.8 Å². The fourth-order valence-electron chi connectivity index (χ4n) is 3.49. The molecule has 8 nitrogen and oxygen atoms in total. The first-order valence-corrected chi connectivity index (χ1v) is 10.5. The highest BCUT2D eigenvalue weighted by Crippen LogP contribution is 2.23. The maximum Gasteiger partial charge on any atom is 0.255 e. The minimum atomic E-state index is -0.212. The molecule has 0 aliphatic carbocycles. The smallest absolute Gasteiger partial charge is 0.255 e. The molecule has 1 fully saturated rings. The Balaban J connectivity index is 1.63. The lowest BCUT2D eigenvalue weighted by Gasteiger charge is -2.26. The van der Waals surface area contributed by atoms with Gasteiger partial charge in [-0.15, -0.1) is 0 Å². The SMILES string of the molecule is O=C1CN(CC2CNCCOC2)CCCNC(=O)c2cc(Cl)ccc2OCCN1. The molecule has 0 aromatic heterocycles. The summed E-state index contributed by atoms with van der Waals surface area (Å²) in [5.74, 6) is 0.543. The largest absolute Gasteiger partial charge is 0.491 e.